The number of alkyl halides is 4. The van der Waals surface area contributed by atoms with Crippen molar-refractivity contribution < 1.29 is 22.3 Å². The van der Waals surface area contributed by atoms with E-state index in [-0.39, 0.29) is 5.92 Å². The summed E-state index contributed by atoms with van der Waals surface area (Å²) in [7, 11) is 0. The van der Waals surface area contributed by atoms with E-state index in [1.807, 2.05) is 6.08 Å². The monoisotopic (exact) mass is 436 g/mol. The third-order valence-corrected chi connectivity index (χ3v) is 6.67. The Morgan fingerprint density at radius 1 is 1.00 bits per heavy atom. The predicted octanol–water partition coefficient (Wildman–Crippen LogP) is 7.71. The van der Waals surface area contributed by atoms with Gasteiger partial charge in [0.15, 0.2) is 0 Å². The first-order valence-electron chi connectivity index (χ1n) is 11.4. The molecule has 1 aromatic carbocycles. The van der Waals surface area contributed by atoms with E-state index < -0.39 is 18.6 Å². The lowest BCUT2D eigenvalue weighted by atomic mass is 9.77. The molecule has 5 heteroatoms. The third kappa shape index (κ3) is 7.38. The van der Waals surface area contributed by atoms with E-state index >= 15 is 0 Å². The highest BCUT2D eigenvalue weighted by Crippen LogP contribution is 2.37. The molecule has 0 N–H and O–H groups in total. The highest BCUT2D eigenvalue weighted by atomic mass is 19.4. The van der Waals surface area contributed by atoms with Crippen LogP contribution >= 0.6 is 0 Å². The highest BCUT2D eigenvalue weighted by Gasteiger charge is 2.43. The van der Waals surface area contributed by atoms with E-state index in [1.54, 1.807) is 0 Å². The zero-order chi connectivity index (χ0) is 22.3. The van der Waals surface area contributed by atoms with Crippen molar-refractivity contribution in [2.24, 2.45) is 11.8 Å². The van der Waals surface area contributed by atoms with Gasteiger partial charge in [0.1, 0.15) is 0 Å². The molecule has 0 aromatic heterocycles. The highest BCUT2D eigenvalue weighted by molar-refractivity contribution is 5.37. The van der Waals surface area contributed by atoms with Crippen LogP contribution in [0.5, 0.6) is 0 Å². The molecule has 2 saturated carbocycles. The Labute approximate surface area is 183 Å². The van der Waals surface area contributed by atoms with Crippen molar-refractivity contribution in [2.75, 3.05) is 0 Å². The molecule has 1 atom stereocenters. The third-order valence-electron chi connectivity index (χ3n) is 6.67. The van der Waals surface area contributed by atoms with Crippen LogP contribution in [-0.4, -0.2) is 18.6 Å². The Morgan fingerprint density at radius 3 is 2.23 bits per heavy atom. The minimum atomic E-state index is -4.95. The molecule has 0 aliphatic heterocycles. The molecule has 0 radical (unpaired) electrons. The van der Waals surface area contributed by atoms with Crippen LogP contribution in [0.4, 0.5) is 17.6 Å². The maximum atomic E-state index is 13.0. The van der Waals surface area contributed by atoms with Gasteiger partial charge in [0, 0.05) is 11.5 Å². The average Bonchev–Trinajstić information content (AvgIpc) is 2.77. The molecule has 0 heterocycles. The molecule has 31 heavy (non-hydrogen) atoms. The maximum Gasteiger partial charge on any atom is 0.445 e. The van der Waals surface area contributed by atoms with E-state index in [0.717, 1.165) is 17.9 Å². The second kappa shape index (κ2) is 11.2. The van der Waals surface area contributed by atoms with Crippen molar-refractivity contribution in [3.05, 3.63) is 48.0 Å². The van der Waals surface area contributed by atoms with Crippen LogP contribution in [0.15, 0.2) is 36.9 Å². The van der Waals surface area contributed by atoms with E-state index in [2.05, 4.69) is 47.4 Å². The first-order chi connectivity index (χ1) is 14.8. The summed E-state index contributed by atoms with van der Waals surface area (Å²) >= 11 is 0. The fourth-order valence-corrected chi connectivity index (χ4v) is 4.75. The van der Waals surface area contributed by atoms with Crippen molar-refractivity contribution in [1.82, 2.24) is 0 Å². The van der Waals surface area contributed by atoms with Crippen LogP contribution in [0.1, 0.15) is 81.3 Å². The average molecular weight is 437 g/mol. The van der Waals surface area contributed by atoms with Crippen molar-refractivity contribution in [3.63, 3.8) is 0 Å². The van der Waals surface area contributed by atoms with Gasteiger partial charge in [-0.25, -0.2) is 4.39 Å². The maximum absolute atomic E-state index is 13.0. The Balaban J connectivity index is 1.44. The zero-order valence-corrected chi connectivity index (χ0v) is 18.0. The summed E-state index contributed by atoms with van der Waals surface area (Å²) in [5.74, 6) is 8.03. The molecule has 2 aliphatic carbocycles. The summed E-state index contributed by atoms with van der Waals surface area (Å²) in [6.45, 7) is 3.81. The van der Waals surface area contributed by atoms with Crippen LogP contribution in [0.2, 0.25) is 0 Å². The van der Waals surface area contributed by atoms with Crippen molar-refractivity contribution >= 4 is 0 Å². The standard InChI is InChI=1S/C26H32F4O/c1-2-3-4-19-7-13-22(14-8-19)23-15-9-20(10-16-23)5-6-21-11-17-24(18-12-21)31-25(27)26(28,29)30/h2,9-10,15-16,19,21-22,24-25H,1,3-4,7-8,11-14,17-18H2. The molecule has 1 nitrogen and oxygen atoms in total. The number of halogens is 4. The Kier molecular flexibility index (Phi) is 8.60. The first-order valence-corrected chi connectivity index (χ1v) is 11.4. The van der Waals surface area contributed by atoms with Crippen LogP contribution in [0.25, 0.3) is 0 Å². The van der Waals surface area contributed by atoms with Gasteiger partial charge in [0.2, 0.25) is 0 Å². The SMILES string of the molecule is C=CCCC1CCC(c2ccc(C#CC3CCC(OC(F)C(F)(F)F)CC3)cc2)CC1. The van der Waals surface area contributed by atoms with Gasteiger partial charge in [-0.05, 0) is 93.7 Å². The molecule has 2 aliphatic rings. The summed E-state index contributed by atoms with van der Waals surface area (Å²) in [5, 5.41) is 0. The van der Waals surface area contributed by atoms with Gasteiger partial charge >= 0.3 is 6.18 Å². The zero-order valence-electron chi connectivity index (χ0n) is 18.0. The minimum absolute atomic E-state index is 0.120. The van der Waals surface area contributed by atoms with Gasteiger partial charge in [-0.1, -0.05) is 30.0 Å². The first kappa shape index (κ1) is 23.9. The number of hydrogen-bond acceptors (Lipinski definition) is 1. The lowest BCUT2D eigenvalue weighted by Gasteiger charge is -2.28. The molecule has 0 bridgehead atoms. The minimum Gasteiger partial charge on any atom is -0.338 e. The molecule has 1 unspecified atom stereocenters. The molecule has 170 valence electrons. The summed E-state index contributed by atoms with van der Waals surface area (Å²) in [6, 6.07) is 8.50. The Bertz CT molecular complexity index is 742. The number of benzene rings is 1. The lowest BCUT2D eigenvalue weighted by Crippen LogP contribution is -2.33. The largest absolute Gasteiger partial charge is 0.445 e. The van der Waals surface area contributed by atoms with Crippen LogP contribution < -0.4 is 0 Å². The van der Waals surface area contributed by atoms with Gasteiger partial charge in [-0.15, -0.1) is 6.58 Å². The van der Waals surface area contributed by atoms with Gasteiger partial charge in [0.05, 0.1) is 6.10 Å². The second-order valence-electron chi connectivity index (χ2n) is 8.94. The summed E-state index contributed by atoms with van der Waals surface area (Å²) in [4.78, 5) is 0. The number of rotatable bonds is 6. The van der Waals surface area contributed by atoms with Gasteiger partial charge in [0.25, 0.3) is 6.36 Å². The summed E-state index contributed by atoms with van der Waals surface area (Å²) < 4.78 is 54.4. The predicted molar refractivity (Wildman–Crippen MR) is 115 cm³/mol. The van der Waals surface area contributed by atoms with Gasteiger partial charge in [-0.3, -0.25) is 0 Å². The second-order valence-corrected chi connectivity index (χ2v) is 8.94. The van der Waals surface area contributed by atoms with Gasteiger partial charge < -0.3 is 4.74 Å². The molecule has 2 fully saturated rings. The van der Waals surface area contributed by atoms with E-state index in [0.29, 0.717) is 31.6 Å². The van der Waals surface area contributed by atoms with Crippen molar-refractivity contribution in [3.8, 4) is 11.8 Å². The Morgan fingerprint density at radius 2 is 1.65 bits per heavy atom. The topological polar surface area (TPSA) is 9.23 Å². The summed E-state index contributed by atoms with van der Waals surface area (Å²) in [5.41, 5.74) is 2.35. The molecule has 1 aromatic rings. The molecule has 3 rings (SSSR count). The molecular weight excluding hydrogens is 404 g/mol. The summed E-state index contributed by atoms with van der Waals surface area (Å²) in [6.07, 6.45) is 2.71. The van der Waals surface area contributed by atoms with Crippen molar-refractivity contribution in [2.45, 2.75) is 88.8 Å². The smallest absolute Gasteiger partial charge is 0.338 e. The molecule has 0 spiro atoms. The number of ether oxygens (including phenoxy) is 1. The normalized spacial score (nSPS) is 27.7. The molecule has 0 amide bonds. The number of hydrogen-bond donors (Lipinski definition) is 0. The van der Waals surface area contributed by atoms with Crippen molar-refractivity contribution in [1.29, 1.82) is 0 Å². The van der Waals surface area contributed by atoms with Gasteiger partial charge in [-0.2, -0.15) is 13.2 Å². The van der Waals surface area contributed by atoms with E-state index in [9.17, 15) is 17.6 Å². The van der Waals surface area contributed by atoms with Crippen LogP contribution in [0.3, 0.4) is 0 Å². The number of allylic oxidation sites excluding steroid dienone is 1. The molecular formula is C26H32F4O. The Hall–Kier alpha value is -1.80. The fraction of sp³-hybridized carbons (Fsp3) is 0.615. The van der Waals surface area contributed by atoms with E-state index in [1.165, 1.54) is 37.7 Å². The molecule has 0 saturated heterocycles. The van der Waals surface area contributed by atoms with Crippen LogP contribution in [-0.2, 0) is 4.74 Å². The quantitative estimate of drug-likeness (QED) is 0.252. The fourth-order valence-electron chi connectivity index (χ4n) is 4.75. The lowest BCUT2D eigenvalue weighted by molar-refractivity contribution is -0.279. The van der Waals surface area contributed by atoms with E-state index in [4.69, 9.17) is 0 Å². The van der Waals surface area contributed by atoms with Crippen LogP contribution in [0, 0.1) is 23.7 Å².